The molecule has 1 aliphatic heterocycles. The van der Waals surface area contributed by atoms with Crippen LogP contribution in [0.15, 0.2) is 24.3 Å². The van der Waals surface area contributed by atoms with Gasteiger partial charge in [0.25, 0.3) is 0 Å². The van der Waals surface area contributed by atoms with Crippen LogP contribution in [0, 0.1) is 0 Å². The van der Waals surface area contributed by atoms with Gasteiger partial charge in [0.15, 0.2) is 0 Å². The Morgan fingerprint density at radius 3 is 2.64 bits per heavy atom. The molecule has 0 bridgehead atoms. The normalized spacial score (nSPS) is 23.1. The summed E-state index contributed by atoms with van der Waals surface area (Å²) < 4.78 is 0. The Bertz CT molecular complexity index is 273. The highest BCUT2D eigenvalue weighted by atomic mass is 35.5. The molecule has 0 N–H and O–H groups in total. The van der Waals surface area contributed by atoms with Crippen LogP contribution in [0.5, 0.6) is 0 Å². The summed E-state index contributed by atoms with van der Waals surface area (Å²) in [5, 5.41) is 5.26. The van der Waals surface area contributed by atoms with Crippen LogP contribution in [0.4, 0.5) is 0 Å². The van der Waals surface area contributed by atoms with Gasteiger partial charge in [0.05, 0.1) is 0 Å². The maximum Gasteiger partial charge on any atom is 0.0406 e. The predicted octanol–water partition coefficient (Wildman–Crippen LogP) is 3.21. The Labute approximate surface area is 90.5 Å². The zero-order valence-electron chi connectivity index (χ0n) is 8.25. The number of nitrogens with zero attached hydrogens (tertiary/aromatic N) is 1. The number of hydrogen-bond acceptors (Lipinski definition) is 0. The van der Waals surface area contributed by atoms with Crippen LogP contribution in [0.2, 0.25) is 5.02 Å². The summed E-state index contributed by atoms with van der Waals surface area (Å²) in [4.78, 5) is 0. The first-order valence-electron chi connectivity index (χ1n) is 5.25. The lowest BCUT2D eigenvalue weighted by Gasteiger charge is -2.13. The second kappa shape index (κ2) is 4.81. The van der Waals surface area contributed by atoms with Gasteiger partial charge in [-0.15, -0.1) is 0 Å². The Balaban J connectivity index is 2.08. The van der Waals surface area contributed by atoms with Crippen LogP contribution in [0.1, 0.15) is 30.7 Å². The van der Waals surface area contributed by atoms with E-state index in [9.17, 15) is 0 Å². The maximum atomic E-state index is 5.86. The molecule has 1 aromatic rings. The topological polar surface area (TPSA) is 14.1 Å². The van der Waals surface area contributed by atoms with Gasteiger partial charge in [0.2, 0.25) is 0 Å². The molecule has 1 atom stereocenters. The zero-order valence-corrected chi connectivity index (χ0v) is 9.00. The minimum atomic E-state index is 0.693. The van der Waals surface area contributed by atoms with Crippen molar-refractivity contribution >= 4 is 11.6 Å². The van der Waals surface area contributed by atoms with Crippen molar-refractivity contribution in [2.75, 3.05) is 13.1 Å². The minimum Gasteiger partial charge on any atom is -0.242 e. The Morgan fingerprint density at radius 1 is 1.07 bits per heavy atom. The highest BCUT2D eigenvalue weighted by Gasteiger charge is 2.13. The van der Waals surface area contributed by atoms with Gasteiger partial charge < -0.3 is 0 Å². The zero-order chi connectivity index (χ0) is 9.80. The first kappa shape index (κ1) is 10.0. The molecule has 0 spiro atoms. The van der Waals surface area contributed by atoms with Gasteiger partial charge in [0.1, 0.15) is 0 Å². The molecule has 0 saturated carbocycles. The highest BCUT2D eigenvalue weighted by molar-refractivity contribution is 6.30. The average molecular weight is 209 g/mol. The van der Waals surface area contributed by atoms with Gasteiger partial charge in [-0.25, -0.2) is 5.32 Å². The number of rotatable bonds is 1. The monoisotopic (exact) mass is 208 g/mol. The molecule has 1 aromatic carbocycles. The molecule has 2 rings (SSSR count). The lowest BCUT2D eigenvalue weighted by molar-refractivity contribution is 0.609. The third kappa shape index (κ3) is 2.49. The fraction of sp³-hybridized carbons (Fsp3) is 0.500. The van der Waals surface area contributed by atoms with E-state index in [4.69, 9.17) is 11.6 Å². The van der Waals surface area contributed by atoms with Crippen molar-refractivity contribution in [2.45, 2.75) is 25.2 Å². The van der Waals surface area contributed by atoms with E-state index in [-0.39, 0.29) is 0 Å². The molecule has 0 aliphatic carbocycles. The molecule has 1 radical (unpaired) electrons. The highest BCUT2D eigenvalue weighted by Crippen LogP contribution is 2.27. The Hall–Kier alpha value is -0.530. The van der Waals surface area contributed by atoms with E-state index in [1.54, 1.807) is 0 Å². The summed E-state index contributed by atoms with van der Waals surface area (Å²) in [5.41, 5.74) is 1.42. The first-order valence-corrected chi connectivity index (χ1v) is 5.63. The second-order valence-corrected chi connectivity index (χ2v) is 4.29. The number of halogens is 1. The van der Waals surface area contributed by atoms with Crippen molar-refractivity contribution in [2.24, 2.45) is 0 Å². The predicted molar refractivity (Wildman–Crippen MR) is 59.9 cm³/mol. The third-order valence-electron chi connectivity index (χ3n) is 2.85. The fourth-order valence-electron chi connectivity index (χ4n) is 2.02. The van der Waals surface area contributed by atoms with Gasteiger partial charge in [-0.1, -0.05) is 23.7 Å². The van der Waals surface area contributed by atoms with Crippen molar-refractivity contribution < 1.29 is 0 Å². The smallest absolute Gasteiger partial charge is 0.0406 e. The summed E-state index contributed by atoms with van der Waals surface area (Å²) in [5.74, 6) is 0.693. The summed E-state index contributed by atoms with van der Waals surface area (Å²) in [7, 11) is 0. The quantitative estimate of drug-likeness (QED) is 0.673. The van der Waals surface area contributed by atoms with Crippen molar-refractivity contribution in [3.63, 3.8) is 0 Å². The SMILES string of the molecule is Clc1ccc(C2CCC[N]CC2)cc1. The Kier molecular flexibility index (Phi) is 3.44. The van der Waals surface area contributed by atoms with Crippen molar-refractivity contribution in [3.05, 3.63) is 34.9 Å². The first-order chi connectivity index (χ1) is 6.86. The minimum absolute atomic E-state index is 0.693. The van der Waals surface area contributed by atoms with Crippen LogP contribution in [-0.4, -0.2) is 13.1 Å². The third-order valence-corrected chi connectivity index (χ3v) is 3.10. The molecule has 0 aromatic heterocycles. The second-order valence-electron chi connectivity index (χ2n) is 3.85. The molecule has 14 heavy (non-hydrogen) atoms. The van der Waals surface area contributed by atoms with Gasteiger partial charge in [-0.3, -0.25) is 0 Å². The summed E-state index contributed by atoms with van der Waals surface area (Å²) >= 11 is 5.86. The van der Waals surface area contributed by atoms with Gasteiger partial charge in [-0.2, -0.15) is 0 Å². The van der Waals surface area contributed by atoms with E-state index in [2.05, 4.69) is 17.4 Å². The van der Waals surface area contributed by atoms with Crippen molar-refractivity contribution in [1.82, 2.24) is 5.32 Å². The Morgan fingerprint density at radius 2 is 1.86 bits per heavy atom. The molecule has 1 nitrogen and oxygen atoms in total. The van der Waals surface area contributed by atoms with Crippen LogP contribution < -0.4 is 5.32 Å². The molecular weight excluding hydrogens is 194 g/mol. The van der Waals surface area contributed by atoms with Crippen LogP contribution in [-0.2, 0) is 0 Å². The molecular formula is C12H15ClN. The lowest BCUT2D eigenvalue weighted by atomic mass is 9.92. The maximum absolute atomic E-state index is 5.86. The molecule has 0 amide bonds. The van der Waals surface area contributed by atoms with Crippen molar-refractivity contribution in [3.8, 4) is 0 Å². The molecule has 1 aliphatic rings. The van der Waals surface area contributed by atoms with E-state index in [1.807, 2.05) is 12.1 Å². The van der Waals surface area contributed by atoms with Crippen molar-refractivity contribution in [1.29, 1.82) is 0 Å². The molecule has 1 heterocycles. The van der Waals surface area contributed by atoms with E-state index in [0.29, 0.717) is 5.92 Å². The van der Waals surface area contributed by atoms with E-state index in [1.165, 1.54) is 24.8 Å². The van der Waals surface area contributed by atoms with Crippen LogP contribution in [0.3, 0.4) is 0 Å². The van der Waals surface area contributed by atoms with Gasteiger partial charge >= 0.3 is 0 Å². The van der Waals surface area contributed by atoms with E-state index >= 15 is 0 Å². The van der Waals surface area contributed by atoms with Gasteiger partial charge in [-0.05, 0) is 42.9 Å². The summed E-state index contributed by atoms with van der Waals surface area (Å²) in [6.07, 6.45) is 3.69. The van der Waals surface area contributed by atoms with Gasteiger partial charge in [0, 0.05) is 18.1 Å². The van der Waals surface area contributed by atoms with E-state index in [0.717, 1.165) is 18.1 Å². The molecule has 1 unspecified atom stereocenters. The molecule has 1 fully saturated rings. The number of benzene rings is 1. The lowest BCUT2D eigenvalue weighted by Crippen LogP contribution is -2.05. The molecule has 1 saturated heterocycles. The molecule has 2 heteroatoms. The fourth-order valence-corrected chi connectivity index (χ4v) is 2.15. The van der Waals surface area contributed by atoms with E-state index < -0.39 is 0 Å². The standard InChI is InChI=1S/C12H15ClN/c13-12-5-3-11(4-6-12)10-2-1-8-14-9-7-10/h3-6,10H,1-2,7-9H2. The number of hydrogen-bond donors (Lipinski definition) is 0. The summed E-state index contributed by atoms with van der Waals surface area (Å²) in [6, 6.07) is 8.27. The molecule has 75 valence electrons. The van der Waals surface area contributed by atoms with Crippen LogP contribution in [0.25, 0.3) is 0 Å². The largest absolute Gasteiger partial charge is 0.242 e. The average Bonchev–Trinajstić information content (AvgIpc) is 2.47. The van der Waals surface area contributed by atoms with Crippen LogP contribution >= 0.6 is 11.6 Å². The summed E-state index contributed by atoms with van der Waals surface area (Å²) in [6.45, 7) is 2.07.